The number of unbranched alkanes of at least 4 members (excludes halogenated alkanes) is 1. The lowest BCUT2D eigenvalue weighted by Gasteiger charge is -2.09. The van der Waals surface area contributed by atoms with Crippen LogP contribution in [0.1, 0.15) is 40.7 Å². The molecule has 1 rings (SSSR count). The summed E-state index contributed by atoms with van der Waals surface area (Å²) in [6.45, 7) is 3.68. The van der Waals surface area contributed by atoms with Crippen molar-refractivity contribution in [3.05, 3.63) is 28.8 Å². The molecule has 0 spiro atoms. The van der Waals surface area contributed by atoms with Crippen LogP contribution in [0, 0.1) is 13.8 Å². The molecule has 4 heteroatoms. The van der Waals surface area contributed by atoms with Crippen LogP contribution in [0.25, 0.3) is 0 Å². The average Bonchev–Trinajstić information content (AvgIpc) is 2.33. The molecule has 0 saturated carbocycles. The molecule has 0 saturated heterocycles. The van der Waals surface area contributed by atoms with Crippen LogP contribution >= 0.6 is 0 Å². The number of benzene rings is 1. The minimum absolute atomic E-state index is 0.0828. The molecule has 0 radical (unpaired) electrons. The molecule has 0 heterocycles. The fourth-order valence-corrected chi connectivity index (χ4v) is 1.60. The van der Waals surface area contributed by atoms with Crippen LogP contribution in [-0.4, -0.2) is 24.0 Å². The molecule has 0 aliphatic carbocycles. The third-order valence-electron chi connectivity index (χ3n) is 2.70. The van der Waals surface area contributed by atoms with Gasteiger partial charge < -0.3 is 9.84 Å². The Kier molecular flexibility index (Phi) is 5.52. The van der Waals surface area contributed by atoms with E-state index >= 15 is 0 Å². The van der Waals surface area contributed by atoms with Crippen molar-refractivity contribution >= 4 is 12.3 Å². The number of aryl methyl sites for hydroxylation is 2. The summed E-state index contributed by atoms with van der Waals surface area (Å²) in [6, 6.07) is 3.40. The predicted molar refractivity (Wildman–Crippen MR) is 67.9 cm³/mol. The number of aliphatic hydroxyl groups is 1. The Balaban J connectivity index is 2.70. The second kappa shape index (κ2) is 6.91. The van der Waals surface area contributed by atoms with Gasteiger partial charge in [-0.05, 0) is 49.9 Å². The highest BCUT2D eigenvalue weighted by Gasteiger charge is 2.09. The second-order valence-corrected chi connectivity index (χ2v) is 4.25. The van der Waals surface area contributed by atoms with Gasteiger partial charge in [0, 0.05) is 18.6 Å². The number of carbonyl (C=O) groups excluding carboxylic acids is 2. The lowest BCUT2D eigenvalue weighted by molar-refractivity contribution is -0.134. The van der Waals surface area contributed by atoms with E-state index in [4.69, 9.17) is 9.84 Å². The van der Waals surface area contributed by atoms with Crippen molar-refractivity contribution in [2.75, 3.05) is 6.61 Å². The molecule has 1 aromatic carbocycles. The number of ether oxygens (including phenoxy) is 1. The van der Waals surface area contributed by atoms with E-state index in [0.717, 1.165) is 17.4 Å². The minimum atomic E-state index is -0.315. The van der Waals surface area contributed by atoms with E-state index in [-0.39, 0.29) is 19.0 Å². The van der Waals surface area contributed by atoms with Crippen LogP contribution in [0.3, 0.4) is 0 Å². The molecule has 1 aromatic rings. The molecular weight excluding hydrogens is 232 g/mol. The van der Waals surface area contributed by atoms with Crippen molar-refractivity contribution < 1.29 is 19.4 Å². The smallest absolute Gasteiger partial charge is 0.311 e. The van der Waals surface area contributed by atoms with Gasteiger partial charge in [0.15, 0.2) is 0 Å². The van der Waals surface area contributed by atoms with E-state index < -0.39 is 0 Å². The van der Waals surface area contributed by atoms with E-state index in [1.54, 1.807) is 26.0 Å². The summed E-state index contributed by atoms with van der Waals surface area (Å²) in [5.41, 5.74) is 2.15. The Labute approximate surface area is 107 Å². The van der Waals surface area contributed by atoms with Crippen LogP contribution in [-0.2, 0) is 4.79 Å². The van der Waals surface area contributed by atoms with Gasteiger partial charge in [-0.2, -0.15) is 0 Å². The predicted octanol–water partition coefficient (Wildman–Crippen LogP) is 2.18. The van der Waals surface area contributed by atoms with E-state index in [1.807, 2.05) is 0 Å². The maximum absolute atomic E-state index is 11.5. The summed E-state index contributed by atoms with van der Waals surface area (Å²) in [7, 11) is 0. The lowest BCUT2D eigenvalue weighted by Crippen LogP contribution is -2.09. The van der Waals surface area contributed by atoms with Crippen LogP contribution < -0.4 is 4.74 Å². The molecule has 0 bridgehead atoms. The SMILES string of the molecule is Cc1cc(OC(=O)CCCCO)c(C)cc1C=O. The molecular formula is C14H18O4. The largest absolute Gasteiger partial charge is 0.426 e. The quantitative estimate of drug-likeness (QED) is 0.364. The van der Waals surface area contributed by atoms with E-state index in [2.05, 4.69) is 0 Å². The van der Waals surface area contributed by atoms with Gasteiger partial charge in [-0.1, -0.05) is 0 Å². The molecule has 4 nitrogen and oxygen atoms in total. The van der Waals surface area contributed by atoms with Crippen LogP contribution in [0.5, 0.6) is 5.75 Å². The molecule has 98 valence electrons. The number of aliphatic hydroxyl groups excluding tert-OH is 1. The fraction of sp³-hybridized carbons (Fsp3) is 0.429. The average molecular weight is 250 g/mol. The minimum Gasteiger partial charge on any atom is -0.426 e. The van der Waals surface area contributed by atoms with Crippen LogP contribution in [0.2, 0.25) is 0 Å². The molecule has 0 aliphatic rings. The van der Waals surface area contributed by atoms with Gasteiger partial charge in [0.1, 0.15) is 12.0 Å². The van der Waals surface area contributed by atoms with Gasteiger partial charge in [-0.25, -0.2) is 0 Å². The van der Waals surface area contributed by atoms with Crippen molar-refractivity contribution in [2.24, 2.45) is 0 Å². The van der Waals surface area contributed by atoms with Crippen molar-refractivity contribution in [1.82, 2.24) is 0 Å². The zero-order chi connectivity index (χ0) is 13.5. The standard InChI is InChI=1S/C14H18O4/c1-10-8-13(11(2)7-12(10)9-16)18-14(17)5-3-4-6-15/h7-9,15H,3-6H2,1-2H3. The molecule has 18 heavy (non-hydrogen) atoms. The first-order valence-corrected chi connectivity index (χ1v) is 5.96. The summed E-state index contributed by atoms with van der Waals surface area (Å²) < 4.78 is 5.24. The third kappa shape index (κ3) is 3.96. The first-order valence-electron chi connectivity index (χ1n) is 5.96. The number of esters is 1. The summed E-state index contributed by atoms with van der Waals surface area (Å²) >= 11 is 0. The summed E-state index contributed by atoms with van der Waals surface area (Å²) in [6.07, 6.45) is 2.28. The van der Waals surface area contributed by atoms with Gasteiger partial charge in [-0.15, -0.1) is 0 Å². The van der Waals surface area contributed by atoms with Crippen molar-refractivity contribution in [2.45, 2.75) is 33.1 Å². The van der Waals surface area contributed by atoms with E-state index in [0.29, 0.717) is 24.2 Å². The first kappa shape index (κ1) is 14.4. The Hall–Kier alpha value is -1.68. The number of hydrogen-bond donors (Lipinski definition) is 1. The Morgan fingerprint density at radius 1 is 1.28 bits per heavy atom. The monoisotopic (exact) mass is 250 g/mol. The van der Waals surface area contributed by atoms with Crippen LogP contribution in [0.4, 0.5) is 0 Å². The molecule has 1 N–H and O–H groups in total. The van der Waals surface area contributed by atoms with Crippen molar-refractivity contribution in [1.29, 1.82) is 0 Å². The normalized spacial score (nSPS) is 10.2. The zero-order valence-electron chi connectivity index (χ0n) is 10.7. The molecule has 0 fully saturated rings. The topological polar surface area (TPSA) is 63.6 Å². The number of rotatable bonds is 6. The first-order chi connectivity index (χ1) is 8.58. The number of aldehydes is 1. The van der Waals surface area contributed by atoms with E-state index in [9.17, 15) is 9.59 Å². The van der Waals surface area contributed by atoms with Gasteiger partial charge in [-0.3, -0.25) is 9.59 Å². The van der Waals surface area contributed by atoms with Gasteiger partial charge >= 0.3 is 5.97 Å². The Morgan fingerprint density at radius 2 is 2.00 bits per heavy atom. The second-order valence-electron chi connectivity index (χ2n) is 4.25. The highest BCUT2D eigenvalue weighted by molar-refractivity contribution is 5.79. The molecule has 0 unspecified atom stereocenters. The maximum Gasteiger partial charge on any atom is 0.311 e. The zero-order valence-corrected chi connectivity index (χ0v) is 10.7. The van der Waals surface area contributed by atoms with Crippen LogP contribution in [0.15, 0.2) is 12.1 Å². The third-order valence-corrected chi connectivity index (χ3v) is 2.70. The van der Waals surface area contributed by atoms with Crippen molar-refractivity contribution in [3.8, 4) is 5.75 Å². The lowest BCUT2D eigenvalue weighted by atomic mass is 10.1. The highest BCUT2D eigenvalue weighted by atomic mass is 16.5. The van der Waals surface area contributed by atoms with Gasteiger partial charge in [0.2, 0.25) is 0 Å². The molecule has 0 atom stereocenters. The maximum atomic E-state index is 11.5. The number of carbonyl (C=O) groups is 2. The van der Waals surface area contributed by atoms with Gasteiger partial charge in [0.05, 0.1) is 0 Å². The van der Waals surface area contributed by atoms with E-state index in [1.165, 1.54) is 0 Å². The Morgan fingerprint density at radius 3 is 2.61 bits per heavy atom. The summed E-state index contributed by atoms with van der Waals surface area (Å²) in [5.74, 6) is 0.178. The van der Waals surface area contributed by atoms with Crippen molar-refractivity contribution in [3.63, 3.8) is 0 Å². The molecule has 0 aromatic heterocycles. The summed E-state index contributed by atoms with van der Waals surface area (Å²) in [4.78, 5) is 22.3. The highest BCUT2D eigenvalue weighted by Crippen LogP contribution is 2.22. The van der Waals surface area contributed by atoms with Gasteiger partial charge in [0.25, 0.3) is 0 Å². The number of hydrogen-bond acceptors (Lipinski definition) is 4. The summed E-state index contributed by atoms with van der Waals surface area (Å²) in [5, 5.41) is 8.62. The fourth-order valence-electron chi connectivity index (χ4n) is 1.60. The molecule has 0 amide bonds. The Bertz CT molecular complexity index is 438. The molecule has 0 aliphatic heterocycles.